The highest BCUT2D eigenvalue weighted by atomic mass is 32.3. The average molecular weight is 238 g/mol. The predicted octanol–water partition coefficient (Wildman–Crippen LogP) is 5.03. The molecular weight excluding hydrogens is 212 g/mol. The Hall–Kier alpha value is -0.430. The van der Waals surface area contributed by atoms with E-state index in [1.54, 1.807) is 0 Å². The molecule has 1 rings (SSSR count). The van der Waals surface area contributed by atoms with Crippen LogP contribution in [0.2, 0.25) is 0 Å². The molecule has 0 bridgehead atoms. The van der Waals surface area contributed by atoms with Crippen LogP contribution in [0.15, 0.2) is 29.2 Å². The molecule has 0 nitrogen and oxygen atoms in total. The molecule has 0 saturated carbocycles. The third-order valence-corrected chi connectivity index (χ3v) is 8.18. The molecule has 1 heteroatoms. The van der Waals surface area contributed by atoms with Gasteiger partial charge in [0.2, 0.25) is 0 Å². The maximum absolute atomic E-state index is 2.41. The van der Waals surface area contributed by atoms with E-state index in [0.717, 1.165) is 0 Å². The van der Waals surface area contributed by atoms with Crippen LogP contribution in [0.25, 0.3) is 0 Å². The summed E-state index contributed by atoms with van der Waals surface area (Å²) in [5.74, 6) is 0.627. The molecule has 0 aliphatic heterocycles. The van der Waals surface area contributed by atoms with E-state index in [1.807, 2.05) is 0 Å². The minimum Gasteiger partial charge on any atom is -0.215 e. The Morgan fingerprint density at radius 1 is 0.938 bits per heavy atom. The van der Waals surface area contributed by atoms with Gasteiger partial charge in [0, 0.05) is 0 Å². The van der Waals surface area contributed by atoms with Gasteiger partial charge in [-0.3, -0.25) is 0 Å². The van der Waals surface area contributed by atoms with E-state index >= 15 is 0 Å². The summed E-state index contributed by atoms with van der Waals surface area (Å²) in [5.41, 5.74) is 1.44. The lowest BCUT2D eigenvalue weighted by Crippen LogP contribution is -2.23. The second-order valence-electron chi connectivity index (χ2n) is 6.16. The fourth-order valence-corrected chi connectivity index (χ4v) is 3.07. The van der Waals surface area contributed by atoms with Crippen molar-refractivity contribution in [1.82, 2.24) is 0 Å². The molecule has 1 aromatic rings. The molecule has 92 valence electrons. The molecule has 0 N–H and O–H groups in total. The molecule has 0 aromatic heterocycles. The molecular formula is C15H26S. The van der Waals surface area contributed by atoms with E-state index < -0.39 is 10.0 Å². The normalized spacial score (nSPS) is 14.2. The largest absolute Gasteiger partial charge is 0.215 e. The van der Waals surface area contributed by atoms with E-state index in [1.165, 1.54) is 10.5 Å². The number of benzene rings is 1. The SMILES string of the molecule is CC(C)c1ccc(S(C)(C)C(C)(C)C)cc1. The Labute approximate surface area is 103 Å². The van der Waals surface area contributed by atoms with Gasteiger partial charge in [-0.1, -0.05) is 46.8 Å². The van der Waals surface area contributed by atoms with E-state index in [9.17, 15) is 0 Å². The third-order valence-electron chi connectivity index (χ3n) is 3.67. The van der Waals surface area contributed by atoms with Gasteiger partial charge in [0.05, 0.1) is 0 Å². The minimum atomic E-state index is -0.719. The van der Waals surface area contributed by atoms with Crippen molar-refractivity contribution in [1.29, 1.82) is 0 Å². The lowest BCUT2D eigenvalue weighted by atomic mass is 10.0. The van der Waals surface area contributed by atoms with E-state index in [-0.39, 0.29) is 0 Å². The van der Waals surface area contributed by atoms with Gasteiger partial charge in [0.1, 0.15) is 0 Å². The molecule has 0 aliphatic rings. The first kappa shape index (κ1) is 13.6. The van der Waals surface area contributed by atoms with Gasteiger partial charge in [-0.2, -0.15) is 0 Å². The highest BCUT2D eigenvalue weighted by Crippen LogP contribution is 2.59. The van der Waals surface area contributed by atoms with Crippen LogP contribution in [0.3, 0.4) is 0 Å². The number of hydrogen-bond donors (Lipinski definition) is 0. The molecule has 1 aromatic carbocycles. The Morgan fingerprint density at radius 3 is 1.69 bits per heavy atom. The second-order valence-corrected chi connectivity index (χ2v) is 10.5. The van der Waals surface area contributed by atoms with Crippen LogP contribution >= 0.6 is 10.0 Å². The molecule has 0 saturated heterocycles. The summed E-state index contributed by atoms with van der Waals surface area (Å²) in [6.07, 6.45) is 4.83. The smallest absolute Gasteiger partial charge is 0.00491 e. The lowest BCUT2D eigenvalue weighted by Gasteiger charge is -2.45. The molecule has 0 amide bonds. The lowest BCUT2D eigenvalue weighted by molar-refractivity contribution is 0.786. The molecule has 0 radical (unpaired) electrons. The van der Waals surface area contributed by atoms with Crippen LogP contribution in [-0.2, 0) is 0 Å². The zero-order valence-electron chi connectivity index (χ0n) is 11.8. The Balaban J connectivity index is 3.07. The maximum Gasteiger partial charge on any atom is -0.00491 e. The van der Waals surface area contributed by atoms with Crippen LogP contribution in [-0.4, -0.2) is 17.3 Å². The van der Waals surface area contributed by atoms with E-state index in [0.29, 0.717) is 10.7 Å². The van der Waals surface area contributed by atoms with Crippen molar-refractivity contribution in [3.63, 3.8) is 0 Å². The minimum absolute atomic E-state index is 0.367. The Morgan fingerprint density at radius 2 is 1.38 bits per heavy atom. The quantitative estimate of drug-likeness (QED) is 0.678. The van der Waals surface area contributed by atoms with Crippen molar-refractivity contribution < 1.29 is 0 Å². The fourth-order valence-electron chi connectivity index (χ4n) is 1.55. The van der Waals surface area contributed by atoms with Crippen molar-refractivity contribution in [3.8, 4) is 0 Å². The van der Waals surface area contributed by atoms with Crippen molar-refractivity contribution in [2.75, 3.05) is 12.5 Å². The first-order valence-electron chi connectivity index (χ1n) is 5.99. The molecule has 0 atom stereocenters. The first-order chi connectivity index (χ1) is 7.16. The van der Waals surface area contributed by atoms with Gasteiger partial charge in [-0.15, -0.1) is 0 Å². The summed E-state index contributed by atoms with van der Waals surface area (Å²) in [4.78, 5) is 1.52. The van der Waals surface area contributed by atoms with Crippen molar-refractivity contribution in [3.05, 3.63) is 29.8 Å². The topological polar surface area (TPSA) is 0 Å². The Kier molecular flexibility index (Phi) is 3.79. The van der Waals surface area contributed by atoms with Gasteiger partial charge < -0.3 is 0 Å². The van der Waals surface area contributed by atoms with E-state index in [2.05, 4.69) is 71.4 Å². The summed E-state index contributed by atoms with van der Waals surface area (Å²) in [6.45, 7) is 11.5. The maximum atomic E-state index is 2.41. The predicted molar refractivity (Wildman–Crippen MR) is 78.0 cm³/mol. The standard InChI is InChI=1S/C15H26S/c1-12(2)13-8-10-14(11-9-13)16(6,7)15(3,4)5/h8-12H,1-7H3. The molecule has 0 spiro atoms. The molecule has 0 heterocycles. The van der Waals surface area contributed by atoms with Gasteiger partial charge >= 0.3 is 0 Å². The fraction of sp³-hybridized carbons (Fsp3) is 0.600. The first-order valence-corrected chi connectivity index (χ1v) is 8.44. The third kappa shape index (κ3) is 2.63. The summed E-state index contributed by atoms with van der Waals surface area (Å²) in [6, 6.07) is 9.24. The van der Waals surface area contributed by atoms with Crippen molar-refractivity contribution in [2.24, 2.45) is 0 Å². The van der Waals surface area contributed by atoms with Crippen LogP contribution in [0.4, 0.5) is 0 Å². The second kappa shape index (κ2) is 4.44. The highest BCUT2D eigenvalue weighted by Gasteiger charge is 2.29. The number of hydrogen-bond acceptors (Lipinski definition) is 0. The van der Waals surface area contributed by atoms with Crippen LogP contribution in [0.5, 0.6) is 0 Å². The van der Waals surface area contributed by atoms with Crippen molar-refractivity contribution >= 4 is 10.0 Å². The summed E-state index contributed by atoms with van der Waals surface area (Å²) >= 11 is 0. The van der Waals surface area contributed by atoms with Crippen molar-refractivity contribution in [2.45, 2.75) is 50.2 Å². The Bertz CT molecular complexity index is 339. The summed E-state index contributed by atoms with van der Waals surface area (Å²) in [5, 5.41) is 0. The summed E-state index contributed by atoms with van der Waals surface area (Å²) in [7, 11) is -0.719. The van der Waals surface area contributed by atoms with Crippen LogP contribution in [0, 0.1) is 0 Å². The molecule has 0 aliphatic carbocycles. The average Bonchev–Trinajstić information content (AvgIpc) is 2.16. The molecule has 0 fully saturated rings. The molecule has 0 unspecified atom stereocenters. The monoisotopic (exact) mass is 238 g/mol. The zero-order valence-corrected chi connectivity index (χ0v) is 12.6. The van der Waals surface area contributed by atoms with Gasteiger partial charge in [-0.25, -0.2) is 10.0 Å². The van der Waals surface area contributed by atoms with Crippen LogP contribution < -0.4 is 0 Å². The molecule has 16 heavy (non-hydrogen) atoms. The summed E-state index contributed by atoms with van der Waals surface area (Å²) < 4.78 is 0.367. The zero-order chi connectivity index (χ0) is 12.6. The number of rotatable bonds is 2. The van der Waals surface area contributed by atoms with Gasteiger partial charge in [0.25, 0.3) is 0 Å². The van der Waals surface area contributed by atoms with E-state index in [4.69, 9.17) is 0 Å². The van der Waals surface area contributed by atoms with Gasteiger partial charge in [-0.05, 0) is 45.8 Å². The highest BCUT2D eigenvalue weighted by molar-refractivity contribution is 8.33. The van der Waals surface area contributed by atoms with Gasteiger partial charge in [0.15, 0.2) is 0 Å². The van der Waals surface area contributed by atoms with Crippen LogP contribution in [0.1, 0.15) is 46.1 Å².